The number of carbonyl (C=O) groups is 2. The highest BCUT2D eigenvalue weighted by molar-refractivity contribution is 5.93. The topological polar surface area (TPSA) is 79.6 Å². The third kappa shape index (κ3) is 4.36. The Morgan fingerprint density at radius 3 is 2.52 bits per heavy atom. The number of hydrogen-bond acceptors (Lipinski definition) is 6. The number of fused-ring (bicyclic) bond motifs is 1. The molecule has 6 nitrogen and oxygen atoms in total. The van der Waals surface area contributed by atoms with Gasteiger partial charge in [0.25, 0.3) is 0 Å². The van der Waals surface area contributed by atoms with Crippen LogP contribution in [-0.2, 0) is 26.3 Å². The molecule has 1 aliphatic heterocycles. The van der Waals surface area contributed by atoms with Gasteiger partial charge in [-0.15, -0.1) is 0 Å². The van der Waals surface area contributed by atoms with Crippen molar-refractivity contribution in [2.45, 2.75) is 25.9 Å². The van der Waals surface area contributed by atoms with Crippen molar-refractivity contribution in [1.29, 1.82) is 5.26 Å². The number of methoxy groups -OCH3 is 1. The second-order valence-electron chi connectivity index (χ2n) is 7.71. The molecule has 0 aliphatic carbocycles. The van der Waals surface area contributed by atoms with E-state index in [2.05, 4.69) is 0 Å². The first-order valence-corrected chi connectivity index (χ1v) is 9.79. The van der Waals surface area contributed by atoms with Gasteiger partial charge in [-0.2, -0.15) is 5.26 Å². The van der Waals surface area contributed by atoms with Gasteiger partial charge in [0.05, 0.1) is 12.7 Å². The third-order valence-electron chi connectivity index (χ3n) is 5.42. The summed E-state index contributed by atoms with van der Waals surface area (Å²) < 4.78 is 10.1. The van der Waals surface area contributed by atoms with E-state index in [1.54, 1.807) is 12.1 Å². The van der Waals surface area contributed by atoms with Crippen molar-refractivity contribution >= 4 is 17.6 Å². The zero-order valence-electron chi connectivity index (χ0n) is 18.0. The van der Waals surface area contributed by atoms with Gasteiger partial charge in [-0.25, -0.2) is 9.59 Å². The van der Waals surface area contributed by atoms with Crippen LogP contribution in [0.1, 0.15) is 35.3 Å². The Balaban J connectivity index is 1.85. The molecule has 0 bridgehead atoms. The van der Waals surface area contributed by atoms with Crippen molar-refractivity contribution in [2.24, 2.45) is 0 Å². The van der Waals surface area contributed by atoms with E-state index in [0.717, 1.165) is 22.5 Å². The number of carbonyl (C=O) groups excluding carboxylic acids is 2. The molecule has 3 rings (SSSR count). The lowest BCUT2D eigenvalue weighted by atomic mass is 9.83. The summed E-state index contributed by atoms with van der Waals surface area (Å²) in [6, 6.07) is 16.6. The molecule has 1 heterocycles. The Labute approximate surface area is 182 Å². The highest BCUT2D eigenvalue weighted by Gasteiger charge is 2.38. The van der Waals surface area contributed by atoms with Crippen LogP contribution >= 0.6 is 0 Å². The van der Waals surface area contributed by atoms with Crippen LogP contribution in [0.3, 0.4) is 0 Å². The molecule has 0 aromatic heterocycles. The van der Waals surface area contributed by atoms with Gasteiger partial charge >= 0.3 is 11.9 Å². The summed E-state index contributed by atoms with van der Waals surface area (Å²) in [4.78, 5) is 26.3. The van der Waals surface area contributed by atoms with Crippen molar-refractivity contribution < 1.29 is 19.1 Å². The number of esters is 2. The Morgan fingerprint density at radius 2 is 1.87 bits per heavy atom. The van der Waals surface area contributed by atoms with E-state index in [0.29, 0.717) is 5.56 Å². The molecular weight excluding hydrogens is 392 g/mol. The number of benzene rings is 2. The van der Waals surface area contributed by atoms with Gasteiger partial charge in [0.2, 0.25) is 0 Å². The maximum Gasteiger partial charge on any atom is 0.349 e. The lowest BCUT2D eigenvalue weighted by molar-refractivity contribution is -0.139. The predicted octanol–water partition coefficient (Wildman–Crippen LogP) is 4.28. The summed E-state index contributed by atoms with van der Waals surface area (Å²) in [6.45, 7) is 4.15. The highest BCUT2D eigenvalue weighted by atomic mass is 16.5. The second-order valence-corrected chi connectivity index (χ2v) is 7.71. The van der Waals surface area contributed by atoms with Gasteiger partial charge < -0.3 is 14.4 Å². The van der Waals surface area contributed by atoms with Crippen molar-refractivity contribution in [1.82, 2.24) is 0 Å². The van der Waals surface area contributed by atoms with Gasteiger partial charge in [-0.1, -0.05) is 44.2 Å². The molecule has 0 unspecified atom stereocenters. The average Bonchev–Trinajstić information content (AvgIpc) is 2.97. The molecule has 0 atom stereocenters. The van der Waals surface area contributed by atoms with Crippen molar-refractivity contribution in [2.75, 3.05) is 19.1 Å². The maximum atomic E-state index is 12.4. The molecule has 0 N–H and O–H groups in total. The normalized spacial score (nSPS) is 15.9. The Hall–Kier alpha value is -3.85. The molecule has 0 radical (unpaired) electrons. The molecule has 1 aliphatic rings. The molecule has 0 saturated heterocycles. The van der Waals surface area contributed by atoms with Gasteiger partial charge in [0.1, 0.15) is 18.2 Å². The molecule has 6 heteroatoms. The van der Waals surface area contributed by atoms with E-state index < -0.39 is 17.4 Å². The van der Waals surface area contributed by atoms with Crippen LogP contribution in [0, 0.1) is 11.3 Å². The number of nitriles is 1. The van der Waals surface area contributed by atoms with E-state index in [1.165, 1.54) is 13.2 Å². The quantitative estimate of drug-likeness (QED) is 0.411. The van der Waals surface area contributed by atoms with Crippen molar-refractivity contribution in [3.05, 3.63) is 88.6 Å². The van der Waals surface area contributed by atoms with Crippen LogP contribution in [-0.4, -0.2) is 26.1 Å². The summed E-state index contributed by atoms with van der Waals surface area (Å²) in [5.74, 6) is -1.07. The lowest BCUT2D eigenvalue weighted by Gasteiger charge is -2.23. The minimum atomic E-state index is -0.674. The second kappa shape index (κ2) is 8.88. The molecule has 158 valence electrons. The predicted molar refractivity (Wildman–Crippen MR) is 117 cm³/mol. The van der Waals surface area contributed by atoms with Crippen LogP contribution in [0.4, 0.5) is 5.69 Å². The molecule has 0 fully saturated rings. The van der Waals surface area contributed by atoms with Gasteiger partial charge in [-0.05, 0) is 41.5 Å². The molecule has 2 aromatic rings. The number of likely N-dealkylation sites (N-methyl/N-ethyl adjacent to an activating group) is 1. The molecular formula is C25H24N2O4. The highest BCUT2D eigenvalue weighted by Crippen LogP contribution is 2.47. The summed E-state index contributed by atoms with van der Waals surface area (Å²) in [5.41, 5.74) is 3.58. The molecule has 31 heavy (non-hydrogen) atoms. The lowest BCUT2D eigenvalue weighted by Crippen LogP contribution is -2.22. The monoisotopic (exact) mass is 416 g/mol. The maximum absolute atomic E-state index is 12.4. The Morgan fingerprint density at radius 1 is 1.16 bits per heavy atom. The van der Waals surface area contributed by atoms with Crippen LogP contribution < -0.4 is 4.90 Å². The fourth-order valence-corrected chi connectivity index (χ4v) is 3.70. The minimum Gasteiger partial charge on any atom is -0.465 e. The molecule has 0 saturated carbocycles. The van der Waals surface area contributed by atoms with Gasteiger partial charge in [0, 0.05) is 23.8 Å². The van der Waals surface area contributed by atoms with E-state index >= 15 is 0 Å². The number of anilines is 1. The molecule has 2 aromatic carbocycles. The van der Waals surface area contributed by atoms with E-state index in [9.17, 15) is 14.9 Å². The summed E-state index contributed by atoms with van der Waals surface area (Å²) in [7, 11) is 3.26. The summed E-state index contributed by atoms with van der Waals surface area (Å²) in [5, 5.41) is 9.45. The van der Waals surface area contributed by atoms with Crippen molar-refractivity contribution in [3.8, 4) is 6.07 Å². The molecule has 0 spiro atoms. The van der Waals surface area contributed by atoms with Crippen LogP contribution in [0.2, 0.25) is 0 Å². The zero-order valence-corrected chi connectivity index (χ0v) is 18.0. The number of allylic oxidation sites excluding steroid dienone is 3. The Bertz CT molecular complexity index is 1110. The standard InChI is InChI=1S/C25H24N2O4/c1-25(2)20-14-18(23(28)30-4)10-12-21(20)27(3)22(25)13-11-19(15-26)24(29)31-16-17-8-6-5-7-9-17/h5-14H,16H2,1-4H3/b19-11+,22-13-. The van der Waals surface area contributed by atoms with Crippen molar-refractivity contribution in [3.63, 3.8) is 0 Å². The van der Waals surface area contributed by atoms with E-state index in [1.807, 2.05) is 74.3 Å². The van der Waals surface area contributed by atoms with Crippen LogP contribution in [0.25, 0.3) is 0 Å². The first kappa shape index (κ1) is 21.8. The number of ether oxygens (including phenoxy) is 2. The Kier molecular flexibility index (Phi) is 6.26. The van der Waals surface area contributed by atoms with Crippen LogP contribution in [0.15, 0.2) is 72.0 Å². The van der Waals surface area contributed by atoms with Gasteiger partial charge in [-0.3, -0.25) is 0 Å². The van der Waals surface area contributed by atoms with Gasteiger partial charge in [0.15, 0.2) is 0 Å². The first-order valence-electron chi connectivity index (χ1n) is 9.79. The van der Waals surface area contributed by atoms with E-state index in [4.69, 9.17) is 9.47 Å². The summed E-state index contributed by atoms with van der Waals surface area (Å²) in [6.07, 6.45) is 3.23. The smallest absolute Gasteiger partial charge is 0.349 e. The minimum absolute atomic E-state index is 0.0844. The first-order chi connectivity index (χ1) is 14.8. The molecule has 0 amide bonds. The zero-order chi connectivity index (χ0) is 22.6. The fourth-order valence-electron chi connectivity index (χ4n) is 3.70. The fraction of sp³-hybridized carbons (Fsp3) is 0.240. The third-order valence-corrected chi connectivity index (χ3v) is 5.42. The number of nitrogens with zero attached hydrogens (tertiary/aromatic N) is 2. The average molecular weight is 416 g/mol. The SMILES string of the molecule is COC(=O)c1ccc2c(c1)C(C)(C)/C(=C/C=C(\C#N)C(=O)OCc1ccccc1)N2C. The van der Waals surface area contributed by atoms with Crippen LogP contribution in [0.5, 0.6) is 0 Å². The number of rotatable bonds is 5. The van der Waals surface area contributed by atoms with E-state index in [-0.39, 0.29) is 12.2 Å². The number of hydrogen-bond donors (Lipinski definition) is 0. The summed E-state index contributed by atoms with van der Waals surface area (Å²) >= 11 is 0. The largest absolute Gasteiger partial charge is 0.465 e.